The van der Waals surface area contributed by atoms with Crippen molar-refractivity contribution in [2.24, 2.45) is 0 Å². The first-order chi connectivity index (χ1) is 31.4. The van der Waals surface area contributed by atoms with Gasteiger partial charge >= 0.3 is 0 Å². The minimum absolute atomic E-state index is 0.157. The largest absolute Gasteiger partial charge is 0.344 e. The lowest BCUT2D eigenvalue weighted by Gasteiger charge is -2.24. The lowest BCUT2D eigenvalue weighted by molar-refractivity contribution is 0.102. The van der Waals surface area contributed by atoms with Gasteiger partial charge in [-0.2, -0.15) is 0 Å². The summed E-state index contributed by atoms with van der Waals surface area (Å²) < 4.78 is 0. The summed E-state index contributed by atoms with van der Waals surface area (Å²) in [7, 11) is 4.34. The summed E-state index contributed by atoms with van der Waals surface area (Å²) in [6.07, 6.45) is 10.8. The highest BCUT2D eigenvalue weighted by atomic mass is 16.1. The van der Waals surface area contributed by atoms with Crippen LogP contribution >= 0.6 is 0 Å². The molecule has 0 aliphatic carbocycles. The smallest absolute Gasteiger partial charge is 0.259 e. The van der Waals surface area contributed by atoms with Gasteiger partial charge in [0.25, 0.3) is 5.91 Å². The number of aromatic nitrogens is 2. The van der Waals surface area contributed by atoms with E-state index in [0.717, 1.165) is 11.3 Å². The molecule has 1 amide bonds. The van der Waals surface area contributed by atoms with Crippen LogP contribution < -0.4 is 20.4 Å². The number of rotatable bonds is 6. The Kier molecular flexibility index (Phi) is 14.4. The lowest BCUT2D eigenvalue weighted by Crippen LogP contribution is -2.12. The van der Waals surface area contributed by atoms with Gasteiger partial charge in [-0.15, -0.1) is 0 Å². The van der Waals surface area contributed by atoms with E-state index in [1.54, 1.807) is 6.20 Å². The van der Waals surface area contributed by atoms with Gasteiger partial charge in [0.2, 0.25) is 0 Å². The van der Waals surface area contributed by atoms with E-state index in [9.17, 15) is 4.79 Å². The van der Waals surface area contributed by atoms with Crippen molar-refractivity contribution in [1.29, 1.82) is 0 Å². The fraction of sp³-hybridized carbons (Fsp3) is 0.339. The van der Waals surface area contributed by atoms with Crippen molar-refractivity contribution >= 4 is 70.3 Å². The summed E-state index contributed by atoms with van der Waals surface area (Å²) in [5.41, 5.74) is 19.1. The van der Waals surface area contributed by atoms with Gasteiger partial charge in [-0.25, -0.2) is 9.97 Å². The number of nitrogens with one attached hydrogen (secondary N) is 2. The average molecular weight is 879 g/mol. The second-order valence-corrected chi connectivity index (χ2v) is 19.9. The first kappa shape index (κ1) is 47.5. The highest BCUT2D eigenvalue weighted by Crippen LogP contribution is 2.40. The Morgan fingerprint density at radius 1 is 0.424 bits per heavy atom. The molecule has 342 valence electrons. The van der Waals surface area contributed by atoms with E-state index in [4.69, 9.17) is 0 Å². The molecule has 4 aromatic carbocycles. The molecule has 0 spiro atoms. The van der Waals surface area contributed by atoms with E-state index in [-0.39, 0.29) is 5.91 Å². The predicted molar refractivity (Wildman–Crippen MR) is 284 cm³/mol. The topological polar surface area (TPSA) is 73.4 Å². The van der Waals surface area contributed by atoms with E-state index >= 15 is 0 Å². The second-order valence-electron chi connectivity index (χ2n) is 19.9. The molecule has 7 nitrogen and oxygen atoms in total. The Morgan fingerprint density at radius 2 is 0.864 bits per heavy atom. The molecule has 0 atom stereocenters. The molecule has 2 aromatic heterocycles. The zero-order valence-corrected chi connectivity index (χ0v) is 41.7. The van der Waals surface area contributed by atoms with Gasteiger partial charge in [0, 0.05) is 48.7 Å². The molecule has 3 aliphatic heterocycles. The quantitative estimate of drug-likeness (QED) is 0.174. The average Bonchev–Trinajstić information content (AvgIpc) is 3.60. The molecule has 2 N–H and O–H groups in total. The van der Waals surface area contributed by atoms with Crippen LogP contribution in [0.2, 0.25) is 0 Å². The zero-order chi connectivity index (χ0) is 47.6. The molecular weight excluding hydrogens is 809 g/mol. The van der Waals surface area contributed by atoms with Crippen LogP contribution in [-0.2, 0) is 0 Å². The number of nitrogens with zero attached hydrogens (tertiary/aromatic N) is 4. The molecule has 0 bridgehead atoms. The number of pyridine rings is 2. The van der Waals surface area contributed by atoms with Gasteiger partial charge in [0.05, 0.1) is 11.3 Å². The summed E-state index contributed by atoms with van der Waals surface area (Å²) in [6, 6.07) is 33.0. The van der Waals surface area contributed by atoms with Crippen LogP contribution in [0.25, 0.3) is 24.3 Å². The molecule has 5 heterocycles. The Morgan fingerprint density at radius 3 is 1.32 bits per heavy atom. The Hall–Kier alpha value is -6.47. The van der Waals surface area contributed by atoms with Crippen molar-refractivity contribution in [3.8, 4) is 0 Å². The van der Waals surface area contributed by atoms with Gasteiger partial charge in [0.1, 0.15) is 5.82 Å². The summed E-state index contributed by atoms with van der Waals surface area (Å²) in [5.74, 6) is 3.89. The number of hydrogen-bond acceptors (Lipinski definition) is 6. The lowest BCUT2D eigenvalue weighted by atomic mass is 9.99. The maximum Gasteiger partial charge on any atom is 0.259 e. The van der Waals surface area contributed by atoms with Gasteiger partial charge in [-0.3, -0.25) is 4.79 Å². The van der Waals surface area contributed by atoms with Gasteiger partial charge in [-0.05, 0) is 140 Å². The molecule has 6 aromatic rings. The van der Waals surface area contributed by atoms with Crippen molar-refractivity contribution in [1.82, 2.24) is 9.97 Å². The molecule has 0 fully saturated rings. The summed E-state index contributed by atoms with van der Waals surface area (Å²) in [4.78, 5) is 26.1. The van der Waals surface area contributed by atoms with Crippen molar-refractivity contribution in [2.75, 3.05) is 34.5 Å². The number of anilines is 7. The molecule has 3 aliphatic rings. The van der Waals surface area contributed by atoms with Crippen molar-refractivity contribution in [3.63, 3.8) is 0 Å². The minimum atomic E-state index is -0.157. The molecule has 0 saturated carbocycles. The van der Waals surface area contributed by atoms with Gasteiger partial charge in [-0.1, -0.05) is 144 Å². The van der Waals surface area contributed by atoms with Gasteiger partial charge in [0.15, 0.2) is 5.82 Å². The summed E-state index contributed by atoms with van der Waals surface area (Å²) >= 11 is 0. The summed E-state index contributed by atoms with van der Waals surface area (Å²) in [6.45, 7) is 26.3. The van der Waals surface area contributed by atoms with Crippen LogP contribution in [0, 0.1) is 0 Å². The minimum Gasteiger partial charge on any atom is -0.344 e. The number of amides is 1. The standard InChI is InChI=1S/2C21H25N.C17H20N4O/c2*1-14(2)17-10-11-20-19(12-17)9-7-16-6-8-18(15(3)4)13-21(16)22(20)5;1-9(2)11-7-12-15(18-8-11)21-16-14(20-17(12)22)6-5-13(19-16)10(3)4/h2*6-15H,1-5H3;5-10H,1-4H3,(H,20,22)(H,18,19,21). The van der Waals surface area contributed by atoms with Crippen LogP contribution in [0.3, 0.4) is 0 Å². The third kappa shape index (κ3) is 10.3. The van der Waals surface area contributed by atoms with E-state index < -0.39 is 0 Å². The third-order valence-corrected chi connectivity index (χ3v) is 13.0. The number of hydrogen-bond donors (Lipinski definition) is 2. The fourth-order valence-corrected chi connectivity index (χ4v) is 8.43. The van der Waals surface area contributed by atoms with E-state index in [0.29, 0.717) is 58.4 Å². The normalized spacial score (nSPS) is 13.3. The monoisotopic (exact) mass is 879 g/mol. The van der Waals surface area contributed by atoms with E-state index in [1.807, 2.05) is 18.2 Å². The number of fused-ring (bicyclic) bond motifs is 6. The zero-order valence-electron chi connectivity index (χ0n) is 41.7. The molecule has 0 radical (unpaired) electrons. The summed E-state index contributed by atoms with van der Waals surface area (Å²) in [5, 5.41) is 6.10. The van der Waals surface area contributed by atoms with Gasteiger partial charge < -0.3 is 20.4 Å². The van der Waals surface area contributed by atoms with Crippen LogP contribution in [-0.4, -0.2) is 30.0 Å². The van der Waals surface area contributed by atoms with E-state index in [1.165, 1.54) is 67.3 Å². The fourth-order valence-electron chi connectivity index (χ4n) is 8.43. The number of carbonyl (C=O) groups excluding carboxylic acids is 1. The molecule has 7 heteroatoms. The molecular formula is C59H70N6O. The van der Waals surface area contributed by atoms with E-state index in [2.05, 4.69) is 225 Å². The first-order valence-electron chi connectivity index (χ1n) is 23.9. The second kappa shape index (κ2) is 20.0. The Bertz CT molecular complexity index is 2660. The number of benzene rings is 4. The third-order valence-electron chi connectivity index (χ3n) is 13.0. The Labute approximate surface area is 395 Å². The molecule has 9 rings (SSSR count). The van der Waals surface area contributed by atoms with Crippen molar-refractivity contribution in [3.05, 3.63) is 159 Å². The number of carbonyl (C=O) groups is 1. The van der Waals surface area contributed by atoms with Crippen molar-refractivity contribution in [2.45, 2.75) is 119 Å². The molecule has 0 saturated heterocycles. The Balaban J connectivity index is 0.000000147. The predicted octanol–water partition coefficient (Wildman–Crippen LogP) is 16.4. The highest BCUT2D eigenvalue weighted by Gasteiger charge is 2.23. The van der Waals surface area contributed by atoms with Crippen LogP contribution in [0.15, 0.2) is 97.2 Å². The van der Waals surface area contributed by atoms with Crippen LogP contribution in [0.1, 0.15) is 185 Å². The highest BCUT2D eigenvalue weighted by molar-refractivity contribution is 6.11. The van der Waals surface area contributed by atoms with Crippen LogP contribution in [0.5, 0.6) is 0 Å². The molecule has 66 heavy (non-hydrogen) atoms. The maximum atomic E-state index is 12.4. The SMILES string of the molecule is CC(C)c1ccc2c(c1)C=Cc1ccc(C(C)C)cc1N2C.CC(C)c1ccc2c(c1)C=Cc1ccc(C(C)C)cc1N2C.CC(C)c1cnc2c(c1)C(=O)Nc1ccc(C(C)C)nc1N2. The van der Waals surface area contributed by atoms with Crippen LogP contribution in [0.4, 0.5) is 40.1 Å². The maximum absolute atomic E-state index is 12.4. The van der Waals surface area contributed by atoms with Crippen molar-refractivity contribution < 1.29 is 4.79 Å². The first-order valence-corrected chi connectivity index (χ1v) is 23.9. The molecule has 0 unspecified atom stereocenters.